The van der Waals surface area contributed by atoms with Gasteiger partial charge in [0.25, 0.3) is 0 Å². The molecule has 128 valence electrons. The quantitative estimate of drug-likeness (QED) is 0.413. The van der Waals surface area contributed by atoms with Gasteiger partial charge in [0.2, 0.25) is 0 Å². The van der Waals surface area contributed by atoms with Crippen molar-refractivity contribution >= 4 is 41.3 Å². The Morgan fingerprint density at radius 2 is 1.95 bits per heavy atom. The number of guanidine groups is 1. The molecule has 0 saturated heterocycles. The van der Waals surface area contributed by atoms with Crippen molar-refractivity contribution in [3.05, 3.63) is 16.1 Å². The molecule has 0 aliphatic heterocycles. The number of rotatable bonds is 5. The molecule has 6 heteroatoms. The molecular formula is C16H31IN4S. The molecule has 0 fully saturated rings. The van der Waals surface area contributed by atoms with Gasteiger partial charge in [-0.05, 0) is 19.8 Å². The van der Waals surface area contributed by atoms with Crippen LogP contribution in [0.15, 0.2) is 10.4 Å². The van der Waals surface area contributed by atoms with Gasteiger partial charge in [-0.15, -0.1) is 35.3 Å². The van der Waals surface area contributed by atoms with Gasteiger partial charge < -0.3 is 10.6 Å². The van der Waals surface area contributed by atoms with Gasteiger partial charge in [-0.1, -0.05) is 34.6 Å². The Morgan fingerprint density at radius 1 is 1.32 bits per heavy atom. The van der Waals surface area contributed by atoms with Crippen LogP contribution in [0, 0.1) is 5.92 Å². The van der Waals surface area contributed by atoms with Gasteiger partial charge in [0.15, 0.2) is 5.96 Å². The van der Waals surface area contributed by atoms with E-state index in [4.69, 9.17) is 0 Å². The zero-order valence-electron chi connectivity index (χ0n) is 14.9. The highest BCUT2D eigenvalue weighted by Crippen LogP contribution is 2.24. The van der Waals surface area contributed by atoms with E-state index in [-0.39, 0.29) is 29.4 Å². The first-order valence-corrected chi connectivity index (χ1v) is 8.61. The maximum atomic E-state index is 4.68. The van der Waals surface area contributed by atoms with Crippen molar-refractivity contribution in [2.24, 2.45) is 10.9 Å². The second-order valence-corrected chi connectivity index (χ2v) is 7.69. The third kappa shape index (κ3) is 7.26. The summed E-state index contributed by atoms with van der Waals surface area (Å²) in [4.78, 5) is 9.33. The van der Waals surface area contributed by atoms with Crippen molar-refractivity contribution in [1.29, 1.82) is 0 Å². The van der Waals surface area contributed by atoms with Gasteiger partial charge in [0, 0.05) is 23.4 Å². The highest BCUT2D eigenvalue weighted by molar-refractivity contribution is 14.0. The van der Waals surface area contributed by atoms with Gasteiger partial charge in [0.1, 0.15) is 5.01 Å². The molecule has 0 aliphatic carbocycles. The predicted molar refractivity (Wildman–Crippen MR) is 108 cm³/mol. The molecular weight excluding hydrogens is 407 g/mol. The monoisotopic (exact) mass is 438 g/mol. The number of halogens is 1. The highest BCUT2D eigenvalue weighted by atomic mass is 127. The standard InChI is InChI=1S/C16H30N4S.HI/c1-8-17-15(19-12(4)11(2)3)18-9-14-20-13(10-21-14)16(5,6)7;/h10-12H,8-9H2,1-7H3,(H2,17,18,19);1H. The van der Waals surface area contributed by atoms with Crippen molar-refractivity contribution in [3.63, 3.8) is 0 Å². The van der Waals surface area contributed by atoms with Crippen LogP contribution in [0.25, 0.3) is 0 Å². The number of nitrogens with one attached hydrogen (secondary N) is 2. The topological polar surface area (TPSA) is 49.3 Å². The first kappa shape index (κ1) is 21.6. The second kappa shape index (κ2) is 9.70. The summed E-state index contributed by atoms with van der Waals surface area (Å²) in [6.07, 6.45) is 0. The SMILES string of the molecule is CCNC(=NCc1nc(C(C)(C)C)cs1)NC(C)C(C)C.I. The van der Waals surface area contributed by atoms with E-state index < -0.39 is 0 Å². The first-order chi connectivity index (χ1) is 9.74. The molecule has 0 radical (unpaired) electrons. The van der Waals surface area contributed by atoms with Crippen molar-refractivity contribution in [1.82, 2.24) is 15.6 Å². The number of aromatic nitrogens is 1. The third-order valence-electron chi connectivity index (χ3n) is 3.40. The third-order valence-corrected chi connectivity index (χ3v) is 4.23. The normalized spacial score (nSPS) is 13.7. The average molecular weight is 438 g/mol. The number of hydrogen-bond acceptors (Lipinski definition) is 3. The molecule has 2 N–H and O–H groups in total. The van der Waals surface area contributed by atoms with Gasteiger partial charge in [-0.25, -0.2) is 9.98 Å². The molecule has 1 heterocycles. The fourth-order valence-corrected chi connectivity index (χ4v) is 2.52. The predicted octanol–water partition coefficient (Wildman–Crippen LogP) is 4.16. The summed E-state index contributed by atoms with van der Waals surface area (Å²) in [6.45, 7) is 16.7. The zero-order valence-corrected chi connectivity index (χ0v) is 18.0. The van der Waals surface area contributed by atoms with Crippen molar-refractivity contribution in [3.8, 4) is 0 Å². The fourth-order valence-electron chi connectivity index (χ4n) is 1.58. The van der Waals surface area contributed by atoms with Crippen LogP contribution in [0.4, 0.5) is 0 Å². The van der Waals surface area contributed by atoms with Gasteiger partial charge >= 0.3 is 0 Å². The van der Waals surface area contributed by atoms with Crippen LogP contribution in [-0.4, -0.2) is 23.5 Å². The van der Waals surface area contributed by atoms with E-state index in [0.29, 0.717) is 18.5 Å². The minimum absolute atomic E-state index is 0. The average Bonchev–Trinajstić information content (AvgIpc) is 2.84. The molecule has 0 spiro atoms. The first-order valence-electron chi connectivity index (χ1n) is 7.73. The summed E-state index contributed by atoms with van der Waals surface area (Å²) in [6, 6.07) is 0.393. The summed E-state index contributed by atoms with van der Waals surface area (Å²) in [5.41, 5.74) is 1.25. The Labute approximate surface area is 156 Å². The Hall–Kier alpha value is -0.370. The Bertz CT molecular complexity index is 463. The van der Waals surface area contributed by atoms with Crippen LogP contribution in [0.1, 0.15) is 59.2 Å². The maximum absolute atomic E-state index is 4.68. The van der Waals surface area contributed by atoms with Crippen LogP contribution in [0.2, 0.25) is 0 Å². The summed E-state index contributed by atoms with van der Waals surface area (Å²) in [7, 11) is 0. The van der Waals surface area contributed by atoms with Crippen molar-refractivity contribution < 1.29 is 0 Å². The van der Waals surface area contributed by atoms with Gasteiger partial charge in [-0.2, -0.15) is 0 Å². The largest absolute Gasteiger partial charge is 0.357 e. The van der Waals surface area contributed by atoms with E-state index in [1.165, 1.54) is 0 Å². The number of aliphatic imine (C=N–C) groups is 1. The van der Waals surface area contributed by atoms with Crippen molar-refractivity contribution in [2.45, 2.75) is 66.5 Å². The number of hydrogen-bond donors (Lipinski definition) is 2. The maximum Gasteiger partial charge on any atom is 0.191 e. The lowest BCUT2D eigenvalue weighted by Gasteiger charge is -2.20. The number of nitrogens with zero attached hydrogens (tertiary/aromatic N) is 2. The molecule has 1 aromatic heterocycles. The van der Waals surface area contributed by atoms with Crippen LogP contribution < -0.4 is 10.6 Å². The second-order valence-electron chi connectivity index (χ2n) is 6.75. The molecule has 0 bridgehead atoms. The lowest BCUT2D eigenvalue weighted by atomic mass is 9.93. The van der Waals surface area contributed by atoms with Crippen LogP contribution >= 0.6 is 35.3 Å². The van der Waals surface area contributed by atoms with Crippen molar-refractivity contribution in [2.75, 3.05) is 6.54 Å². The molecule has 0 saturated carbocycles. The summed E-state index contributed by atoms with van der Waals surface area (Å²) >= 11 is 1.69. The van der Waals surface area contributed by atoms with E-state index in [1.54, 1.807) is 11.3 Å². The molecule has 0 aliphatic rings. The number of thiazole rings is 1. The smallest absolute Gasteiger partial charge is 0.191 e. The minimum atomic E-state index is 0. The molecule has 0 amide bonds. The van der Waals surface area contributed by atoms with E-state index in [2.05, 4.69) is 74.5 Å². The summed E-state index contributed by atoms with van der Waals surface area (Å²) in [5.74, 6) is 1.44. The molecule has 22 heavy (non-hydrogen) atoms. The summed E-state index contributed by atoms with van der Waals surface area (Å²) < 4.78 is 0. The Kier molecular flexibility index (Phi) is 9.54. The van der Waals surface area contributed by atoms with Crippen LogP contribution in [-0.2, 0) is 12.0 Å². The highest BCUT2D eigenvalue weighted by Gasteiger charge is 2.17. The fraction of sp³-hybridized carbons (Fsp3) is 0.750. The Balaban J connectivity index is 0.00000441. The molecule has 1 unspecified atom stereocenters. The van der Waals surface area contributed by atoms with E-state index in [9.17, 15) is 0 Å². The van der Waals surface area contributed by atoms with Gasteiger partial charge in [0.05, 0.1) is 12.2 Å². The zero-order chi connectivity index (χ0) is 16.0. The Morgan fingerprint density at radius 3 is 2.41 bits per heavy atom. The van der Waals surface area contributed by atoms with Crippen LogP contribution in [0.3, 0.4) is 0 Å². The lowest BCUT2D eigenvalue weighted by molar-refractivity contribution is 0.481. The molecule has 0 aromatic carbocycles. The lowest BCUT2D eigenvalue weighted by Crippen LogP contribution is -2.44. The van der Waals surface area contributed by atoms with Crippen LogP contribution in [0.5, 0.6) is 0 Å². The minimum Gasteiger partial charge on any atom is -0.357 e. The van der Waals surface area contributed by atoms with E-state index >= 15 is 0 Å². The molecule has 4 nitrogen and oxygen atoms in total. The van der Waals surface area contributed by atoms with E-state index in [0.717, 1.165) is 23.2 Å². The summed E-state index contributed by atoms with van der Waals surface area (Å²) in [5, 5.41) is 9.94. The van der Waals surface area contributed by atoms with E-state index in [1.807, 2.05) is 0 Å². The molecule has 1 aromatic rings. The molecule has 1 rings (SSSR count). The molecule has 1 atom stereocenters. The van der Waals surface area contributed by atoms with Gasteiger partial charge in [-0.3, -0.25) is 0 Å².